The summed E-state index contributed by atoms with van der Waals surface area (Å²) in [5.41, 5.74) is 8.13. The predicted octanol–water partition coefficient (Wildman–Crippen LogP) is 1.93. The molecule has 114 valence electrons. The molecule has 1 aliphatic rings. The zero-order chi connectivity index (χ0) is 14.7. The SMILES string of the molecule is CCN1CCN(Cc2ccc3nc(CCN)sc3c2)CC1. The van der Waals surface area contributed by atoms with Crippen molar-refractivity contribution < 1.29 is 0 Å². The van der Waals surface area contributed by atoms with Crippen molar-refractivity contribution in [3.05, 3.63) is 28.8 Å². The van der Waals surface area contributed by atoms with Gasteiger partial charge in [-0.25, -0.2) is 4.98 Å². The summed E-state index contributed by atoms with van der Waals surface area (Å²) in [7, 11) is 0. The second-order valence-corrected chi connectivity index (χ2v) is 6.77. The second-order valence-electron chi connectivity index (χ2n) is 5.66. The van der Waals surface area contributed by atoms with Crippen LogP contribution in [0.2, 0.25) is 0 Å². The van der Waals surface area contributed by atoms with Gasteiger partial charge >= 0.3 is 0 Å². The Morgan fingerprint density at radius 3 is 2.67 bits per heavy atom. The summed E-state index contributed by atoms with van der Waals surface area (Å²) in [4.78, 5) is 9.70. The Labute approximate surface area is 130 Å². The van der Waals surface area contributed by atoms with Gasteiger partial charge in [-0.05, 0) is 30.8 Å². The minimum absolute atomic E-state index is 0.675. The van der Waals surface area contributed by atoms with Crippen LogP contribution in [0.4, 0.5) is 0 Å². The highest BCUT2D eigenvalue weighted by molar-refractivity contribution is 7.18. The molecule has 1 saturated heterocycles. The fraction of sp³-hybridized carbons (Fsp3) is 0.562. The molecule has 0 radical (unpaired) electrons. The number of rotatable bonds is 5. The minimum Gasteiger partial charge on any atom is -0.330 e. The lowest BCUT2D eigenvalue weighted by atomic mass is 10.2. The molecule has 5 heteroatoms. The van der Waals surface area contributed by atoms with Crippen molar-refractivity contribution in [2.24, 2.45) is 5.73 Å². The molecular weight excluding hydrogens is 280 g/mol. The van der Waals surface area contributed by atoms with E-state index in [4.69, 9.17) is 5.73 Å². The normalized spacial score (nSPS) is 17.6. The van der Waals surface area contributed by atoms with E-state index in [0.717, 1.165) is 23.5 Å². The molecule has 0 spiro atoms. The van der Waals surface area contributed by atoms with E-state index >= 15 is 0 Å². The summed E-state index contributed by atoms with van der Waals surface area (Å²) < 4.78 is 1.29. The maximum absolute atomic E-state index is 5.61. The standard InChI is InChI=1S/C16H24N4S/c1-2-19-7-9-20(10-8-19)12-13-3-4-14-15(11-13)21-16(18-14)5-6-17/h3-4,11H,2,5-10,12,17H2,1H3. The molecule has 0 aliphatic carbocycles. The van der Waals surface area contributed by atoms with Crippen molar-refractivity contribution in [1.82, 2.24) is 14.8 Å². The third-order valence-electron chi connectivity index (χ3n) is 4.17. The highest BCUT2D eigenvalue weighted by atomic mass is 32.1. The molecule has 2 N–H and O–H groups in total. The number of thiazole rings is 1. The van der Waals surface area contributed by atoms with Crippen LogP contribution in [0.3, 0.4) is 0 Å². The van der Waals surface area contributed by atoms with Crippen LogP contribution < -0.4 is 5.73 Å². The van der Waals surface area contributed by atoms with Crippen molar-refractivity contribution in [3.63, 3.8) is 0 Å². The summed E-state index contributed by atoms with van der Waals surface area (Å²) in [5, 5.41) is 1.15. The molecule has 0 unspecified atom stereocenters. The number of piperazine rings is 1. The summed E-state index contributed by atoms with van der Waals surface area (Å²) in [5.74, 6) is 0. The van der Waals surface area contributed by atoms with Crippen LogP contribution in [0.1, 0.15) is 17.5 Å². The Bertz CT molecular complexity index is 587. The topological polar surface area (TPSA) is 45.4 Å². The maximum atomic E-state index is 5.61. The highest BCUT2D eigenvalue weighted by Crippen LogP contribution is 2.24. The molecule has 0 atom stereocenters. The van der Waals surface area contributed by atoms with Crippen LogP contribution in [-0.2, 0) is 13.0 Å². The Balaban J connectivity index is 1.67. The average molecular weight is 304 g/mol. The lowest BCUT2D eigenvalue weighted by Crippen LogP contribution is -2.45. The monoisotopic (exact) mass is 304 g/mol. The number of hydrogen-bond acceptors (Lipinski definition) is 5. The third-order valence-corrected chi connectivity index (χ3v) is 5.25. The molecule has 1 aliphatic heterocycles. The zero-order valence-electron chi connectivity index (χ0n) is 12.7. The molecule has 1 fully saturated rings. The van der Waals surface area contributed by atoms with Crippen LogP contribution in [0.25, 0.3) is 10.2 Å². The zero-order valence-corrected chi connectivity index (χ0v) is 13.5. The average Bonchev–Trinajstić information content (AvgIpc) is 2.90. The number of hydrogen-bond donors (Lipinski definition) is 1. The highest BCUT2D eigenvalue weighted by Gasteiger charge is 2.15. The van der Waals surface area contributed by atoms with Gasteiger partial charge in [-0.3, -0.25) is 4.90 Å². The predicted molar refractivity (Wildman–Crippen MR) is 89.8 cm³/mol. The first-order chi connectivity index (χ1) is 10.3. The first-order valence-corrected chi connectivity index (χ1v) is 8.63. The van der Waals surface area contributed by atoms with Crippen molar-refractivity contribution in [2.45, 2.75) is 19.9 Å². The number of likely N-dealkylation sites (N-methyl/N-ethyl adjacent to an activating group) is 1. The van der Waals surface area contributed by atoms with Crippen LogP contribution in [0.15, 0.2) is 18.2 Å². The van der Waals surface area contributed by atoms with Gasteiger partial charge in [0, 0.05) is 39.1 Å². The fourth-order valence-electron chi connectivity index (χ4n) is 2.87. The molecule has 1 aromatic heterocycles. The van der Waals surface area contributed by atoms with Crippen molar-refractivity contribution in [1.29, 1.82) is 0 Å². The van der Waals surface area contributed by atoms with Gasteiger partial charge in [0.2, 0.25) is 0 Å². The van der Waals surface area contributed by atoms with E-state index in [0.29, 0.717) is 6.54 Å². The van der Waals surface area contributed by atoms with Crippen LogP contribution in [-0.4, -0.2) is 54.1 Å². The molecule has 3 rings (SSSR count). The van der Waals surface area contributed by atoms with E-state index in [2.05, 4.69) is 39.9 Å². The summed E-state index contributed by atoms with van der Waals surface area (Å²) in [6, 6.07) is 6.68. The lowest BCUT2D eigenvalue weighted by molar-refractivity contribution is 0.132. The Morgan fingerprint density at radius 1 is 1.19 bits per heavy atom. The van der Waals surface area contributed by atoms with E-state index in [1.807, 2.05) is 0 Å². The number of benzene rings is 1. The number of nitrogens with zero attached hydrogens (tertiary/aromatic N) is 3. The largest absolute Gasteiger partial charge is 0.330 e. The molecule has 0 bridgehead atoms. The van der Waals surface area contributed by atoms with Gasteiger partial charge in [0.25, 0.3) is 0 Å². The number of aromatic nitrogens is 1. The Hall–Kier alpha value is -1.01. The molecule has 4 nitrogen and oxygen atoms in total. The van der Waals surface area contributed by atoms with Gasteiger partial charge in [-0.15, -0.1) is 11.3 Å². The van der Waals surface area contributed by atoms with Crippen LogP contribution in [0.5, 0.6) is 0 Å². The van der Waals surface area contributed by atoms with Gasteiger partial charge in [-0.1, -0.05) is 13.0 Å². The number of nitrogens with two attached hydrogens (primary N) is 1. The van der Waals surface area contributed by atoms with Gasteiger partial charge < -0.3 is 10.6 Å². The van der Waals surface area contributed by atoms with Gasteiger partial charge in [0.05, 0.1) is 15.2 Å². The Morgan fingerprint density at radius 2 is 1.95 bits per heavy atom. The summed E-state index contributed by atoms with van der Waals surface area (Å²) >= 11 is 1.78. The quantitative estimate of drug-likeness (QED) is 0.917. The van der Waals surface area contributed by atoms with Gasteiger partial charge in [-0.2, -0.15) is 0 Å². The van der Waals surface area contributed by atoms with E-state index in [9.17, 15) is 0 Å². The Kier molecular flexibility index (Phi) is 4.85. The van der Waals surface area contributed by atoms with Crippen LogP contribution >= 0.6 is 11.3 Å². The molecular formula is C16H24N4S. The van der Waals surface area contributed by atoms with E-state index in [1.165, 1.54) is 43.0 Å². The molecule has 1 aromatic carbocycles. The van der Waals surface area contributed by atoms with Gasteiger partial charge in [0.1, 0.15) is 0 Å². The number of fused-ring (bicyclic) bond motifs is 1. The molecule has 0 saturated carbocycles. The van der Waals surface area contributed by atoms with Crippen molar-refractivity contribution in [3.8, 4) is 0 Å². The van der Waals surface area contributed by atoms with E-state index < -0.39 is 0 Å². The molecule has 2 aromatic rings. The first kappa shape index (κ1) is 14.9. The maximum Gasteiger partial charge on any atom is 0.0951 e. The first-order valence-electron chi connectivity index (χ1n) is 7.81. The third kappa shape index (κ3) is 3.61. The summed E-state index contributed by atoms with van der Waals surface area (Å²) in [6.45, 7) is 9.88. The van der Waals surface area contributed by atoms with E-state index in [-0.39, 0.29) is 0 Å². The summed E-state index contributed by atoms with van der Waals surface area (Å²) in [6.07, 6.45) is 0.883. The second kappa shape index (κ2) is 6.83. The van der Waals surface area contributed by atoms with Crippen LogP contribution in [0, 0.1) is 0 Å². The molecule has 0 amide bonds. The lowest BCUT2D eigenvalue weighted by Gasteiger charge is -2.34. The minimum atomic E-state index is 0.675. The van der Waals surface area contributed by atoms with Gasteiger partial charge in [0.15, 0.2) is 0 Å². The fourth-order valence-corrected chi connectivity index (χ4v) is 3.91. The van der Waals surface area contributed by atoms with Crippen molar-refractivity contribution in [2.75, 3.05) is 39.3 Å². The van der Waals surface area contributed by atoms with Crippen molar-refractivity contribution >= 4 is 21.6 Å². The molecule has 2 heterocycles. The molecule has 21 heavy (non-hydrogen) atoms. The smallest absolute Gasteiger partial charge is 0.0951 e. The van der Waals surface area contributed by atoms with E-state index in [1.54, 1.807) is 11.3 Å².